The molecule has 0 bridgehead atoms. The van der Waals surface area contributed by atoms with Gasteiger partial charge in [0, 0.05) is 10.3 Å². The molecule has 66 valence electrons. The smallest absolute Gasteiger partial charge is 0.0550 e. The average molecular weight is 203 g/mol. The van der Waals surface area contributed by atoms with E-state index in [0.717, 1.165) is 17.0 Å². The Bertz CT molecular complexity index is 235. The molecule has 0 saturated heterocycles. The van der Waals surface area contributed by atoms with Crippen molar-refractivity contribution in [2.24, 2.45) is 0 Å². The largest absolute Gasteiger partial charge is 0.395 e. The summed E-state index contributed by atoms with van der Waals surface area (Å²) in [5, 5.41) is 9.50. The molecule has 0 heterocycles. The molecule has 0 aromatic heterocycles. The van der Waals surface area contributed by atoms with Crippen molar-refractivity contribution in [2.75, 3.05) is 6.61 Å². The van der Waals surface area contributed by atoms with E-state index < -0.39 is 0 Å². The minimum atomic E-state index is 0.0196. The average Bonchev–Trinajstić information content (AvgIpc) is 2.09. The van der Waals surface area contributed by atoms with Crippen LogP contribution in [0, 0.1) is 0 Å². The topological polar surface area (TPSA) is 20.2 Å². The monoisotopic (exact) mass is 202 g/mol. The van der Waals surface area contributed by atoms with Crippen LogP contribution in [-0.4, -0.2) is 17.0 Å². The molecular formula is C9H11ClOS. The lowest BCUT2D eigenvalue weighted by molar-refractivity contribution is 0.295. The summed E-state index contributed by atoms with van der Waals surface area (Å²) in [7, 11) is 0. The minimum absolute atomic E-state index is 0.0196. The quantitative estimate of drug-likeness (QED) is 0.720. The van der Waals surface area contributed by atoms with E-state index in [4.69, 9.17) is 16.7 Å². The highest BCUT2D eigenvalue weighted by molar-refractivity contribution is 7.81. The van der Waals surface area contributed by atoms with Crippen molar-refractivity contribution >= 4 is 24.2 Å². The fourth-order valence-electron chi connectivity index (χ4n) is 0.957. The van der Waals surface area contributed by atoms with Gasteiger partial charge in [-0.3, -0.25) is 0 Å². The summed E-state index contributed by atoms with van der Waals surface area (Å²) in [6, 6.07) is 7.58. The third-order valence-electron chi connectivity index (χ3n) is 1.60. The first-order valence-electron chi connectivity index (χ1n) is 3.75. The summed E-state index contributed by atoms with van der Waals surface area (Å²) in [4.78, 5) is 0. The highest BCUT2D eigenvalue weighted by atomic mass is 35.5. The van der Waals surface area contributed by atoms with Crippen molar-refractivity contribution in [1.82, 2.24) is 0 Å². The number of thiol groups is 1. The van der Waals surface area contributed by atoms with Crippen LogP contribution in [0.4, 0.5) is 0 Å². The first-order chi connectivity index (χ1) is 5.72. The summed E-state index contributed by atoms with van der Waals surface area (Å²) >= 11 is 9.90. The van der Waals surface area contributed by atoms with Crippen molar-refractivity contribution in [3.63, 3.8) is 0 Å². The first kappa shape index (κ1) is 9.90. The van der Waals surface area contributed by atoms with Gasteiger partial charge in [0.2, 0.25) is 0 Å². The molecule has 3 heteroatoms. The Morgan fingerprint density at radius 2 is 1.92 bits per heavy atom. The van der Waals surface area contributed by atoms with E-state index >= 15 is 0 Å². The molecule has 0 spiro atoms. The fourth-order valence-corrected chi connectivity index (χ4v) is 1.29. The molecule has 1 aromatic carbocycles. The van der Waals surface area contributed by atoms with E-state index in [0.29, 0.717) is 0 Å². The van der Waals surface area contributed by atoms with Gasteiger partial charge in [-0.1, -0.05) is 23.7 Å². The van der Waals surface area contributed by atoms with Crippen LogP contribution in [0.3, 0.4) is 0 Å². The molecule has 0 amide bonds. The van der Waals surface area contributed by atoms with Crippen molar-refractivity contribution < 1.29 is 5.11 Å². The van der Waals surface area contributed by atoms with Gasteiger partial charge in [-0.2, -0.15) is 12.6 Å². The number of hydrogen-bond donors (Lipinski definition) is 2. The molecule has 0 aliphatic heterocycles. The molecule has 1 aromatic rings. The molecule has 0 aliphatic carbocycles. The van der Waals surface area contributed by atoms with Gasteiger partial charge in [0.15, 0.2) is 0 Å². The van der Waals surface area contributed by atoms with Crippen molar-refractivity contribution in [2.45, 2.75) is 11.7 Å². The predicted molar refractivity (Wildman–Crippen MR) is 55.0 cm³/mol. The minimum Gasteiger partial charge on any atom is -0.395 e. The molecular weight excluding hydrogens is 192 g/mol. The molecule has 0 unspecified atom stereocenters. The lowest BCUT2D eigenvalue weighted by Crippen LogP contribution is -2.08. The van der Waals surface area contributed by atoms with Gasteiger partial charge in [0.1, 0.15) is 0 Å². The van der Waals surface area contributed by atoms with Crippen LogP contribution in [0.25, 0.3) is 0 Å². The molecule has 12 heavy (non-hydrogen) atoms. The third kappa shape index (κ3) is 3.05. The van der Waals surface area contributed by atoms with E-state index in [-0.39, 0.29) is 11.9 Å². The predicted octanol–water partition coefficient (Wildman–Crippen LogP) is 2.17. The molecule has 1 rings (SSSR count). The van der Waals surface area contributed by atoms with Crippen LogP contribution in [0.1, 0.15) is 5.56 Å². The number of aliphatic hydroxyl groups is 1. The molecule has 0 radical (unpaired) electrons. The number of benzene rings is 1. The molecule has 1 atom stereocenters. The lowest BCUT2D eigenvalue weighted by Gasteiger charge is -2.06. The summed E-state index contributed by atoms with van der Waals surface area (Å²) in [6.45, 7) is 0.103. The lowest BCUT2D eigenvalue weighted by atomic mass is 10.1. The van der Waals surface area contributed by atoms with Gasteiger partial charge < -0.3 is 5.11 Å². The van der Waals surface area contributed by atoms with Crippen molar-refractivity contribution in [3.05, 3.63) is 34.9 Å². The van der Waals surface area contributed by atoms with Crippen LogP contribution < -0.4 is 0 Å². The van der Waals surface area contributed by atoms with Gasteiger partial charge in [0.05, 0.1) is 6.61 Å². The van der Waals surface area contributed by atoms with Gasteiger partial charge in [-0.25, -0.2) is 0 Å². The summed E-state index contributed by atoms with van der Waals surface area (Å²) in [6.07, 6.45) is 0.775. The fraction of sp³-hybridized carbons (Fsp3) is 0.333. The maximum absolute atomic E-state index is 8.75. The number of hydrogen-bond acceptors (Lipinski definition) is 2. The van der Waals surface area contributed by atoms with E-state index in [1.165, 1.54) is 0 Å². The highest BCUT2D eigenvalue weighted by Crippen LogP contribution is 2.12. The van der Waals surface area contributed by atoms with Crippen LogP contribution in [-0.2, 0) is 6.42 Å². The van der Waals surface area contributed by atoms with E-state index in [1.807, 2.05) is 24.3 Å². The molecule has 0 aliphatic rings. The zero-order chi connectivity index (χ0) is 8.97. The second-order valence-electron chi connectivity index (χ2n) is 2.67. The Balaban J connectivity index is 2.58. The van der Waals surface area contributed by atoms with Crippen LogP contribution in [0.2, 0.25) is 5.02 Å². The van der Waals surface area contributed by atoms with Crippen LogP contribution >= 0.6 is 24.2 Å². The zero-order valence-electron chi connectivity index (χ0n) is 6.57. The van der Waals surface area contributed by atoms with Gasteiger partial charge in [-0.15, -0.1) is 0 Å². The van der Waals surface area contributed by atoms with Gasteiger partial charge >= 0.3 is 0 Å². The Morgan fingerprint density at radius 1 is 1.33 bits per heavy atom. The zero-order valence-corrected chi connectivity index (χ0v) is 8.22. The summed E-state index contributed by atoms with van der Waals surface area (Å²) in [5.74, 6) is 0. The molecule has 0 saturated carbocycles. The standard InChI is InChI=1S/C9H11ClOS/c10-8-3-1-7(2-4-8)5-9(12)6-11/h1-4,9,11-12H,5-6H2/t9-/m0/s1. The van der Waals surface area contributed by atoms with Crippen molar-refractivity contribution in [1.29, 1.82) is 0 Å². The maximum atomic E-state index is 8.75. The third-order valence-corrected chi connectivity index (χ3v) is 2.19. The number of aliphatic hydroxyl groups excluding tert-OH is 1. The Morgan fingerprint density at radius 3 is 2.42 bits per heavy atom. The van der Waals surface area contributed by atoms with Crippen LogP contribution in [0.5, 0.6) is 0 Å². The van der Waals surface area contributed by atoms with E-state index in [9.17, 15) is 0 Å². The van der Waals surface area contributed by atoms with Gasteiger partial charge in [-0.05, 0) is 24.1 Å². The maximum Gasteiger partial charge on any atom is 0.0550 e. The Kier molecular flexibility index (Phi) is 3.92. The second kappa shape index (κ2) is 4.75. The molecule has 1 nitrogen and oxygen atoms in total. The Labute approximate surface area is 82.8 Å². The normalized spacial score (nSPS) is 12.9. The number of halogens is 1. The second-order valence-corrected chi connectivity index (χ2v) is 3.83. The van der Waals surface area contributed by atoms with E-state index in [1.54, 1.807) is 0 Å². The van der Waals surface area contributed by atoms with E-state index in [2.05, 4.69) is 12.6 Å². The summed E-state index contributed by atoms with van der Waals surface area (Å²) in [5.41, 5.74) is 1.15. The molecule has 1 N–H and O–H groups in total. The van der Waals surface area contributed by atoms with Crippen LogP contribution in [0.15, 0.2) is 24.3 Å². The Hall–Kier alpha value is -0.180. The highest BCUT2D eigenvalue weighted by Gasteiger charge is 2.01. The SMILES string of the molecule is OC[C@@H](S)Cc1ccc(Cl)cc1. The first-order valence-corrected chi connectivity index (χ1v) is 4.65. The van der Waals surface area contributed by atoms with Crippen molar-refractivity contribution in [3.8, 4) is 0 Å². The summed E-state index contributed by atoms with van der Waals surface area (Å²) < 4.78 is 0. The molecule has 0 fully saturated rings. The number of rotatable bonds is 3. The van der Waals surface area contributed by atoms with Gasteiger partial charge in [0.25, 0.3) is 0 Å².